The molecule has 0 fully saturated rings. The predicted octanol–water partition coefficient (Wildman–Crippen LogP) is 2.98. The lowest BCUT2D eigenvalue weighted by atomic mass is 10.2. The number of fused-ring (bicyclic) bond motifs is 1. The van der Waals surface area contributed by atoms with Crippen LogP contribution in [0.15, 0.2) is 42.5 Å². The highest BCUT2D eigenvalue weighted by Gasteiger charge is 2.14. The number of nitrogens with two attached hydrogens (primary N) is 1. The Morgan fingerprint density at radius 2 is 1.76 bits per heavy atom. The Bertz CT molecular complexity index is 831. The van der Waals surface area contributed by atoms with E-state index < -0.39 is 0 Å². The Balaban J connectivity index is 1.77. The van der Waals surface area contributed by atoms with Crippen LogP contribution >= 0.6 is 0 Å². The zero-order valence-corrected chi connectivity index (χ0v) is 14.6. The first-order valence-corrected chi connectivity index (χ1v) is 8.26. The number of imidazole rings is 1. The third kappa shape index (κ3) is 3.69. The molecule has 0 atom stereocenters. The molecule has 2 aromatic carbocycles. The van der Waals surface area contributed by atoms with Gasteiger partial charge >= 0.3 is 0 Å². The van der Waals surface area contributed by atoms with E-state index in [9.17, 15) is 0 Å². The molecular formula is C19H23N3O3. The summed E-state index contributed by atoms with van der Waals surface area (Å²) in [6.45, 7) is 1.77. The van der Waals surface area contributed by atoms with Gasteiger partial charge < -0.3 is 24.5 Å². The number of ether oxygens (including phenoxy) is 3. The van der Waals surface area contributed by atoms with Gasteiger partial charge in [0.15, 0.2) is 11.5 Å². The van der Waals surface area contributed by atoms with Crippen LogP contribution in [0.1, 0.15) is 12.2 Å². The lowest BCUT2D eigenvalue weighted by molar-refractivity contribution is 0.301. The number of nitrogens with zero attached hydrogens (tertiary/aromatic N) is 2. The molecule has 0 unspecified atom stereocenters. The Kier molecular flexibility index (Phi) is 5.40. The molecule has 6 heteroatoms. The van der Waals surface area contributed by atoms with Gasteiger partial charge in [0.25, 0.3) is 0 Å². The molecule has 0 bridgehead atoms. The maximum atomic E-state index is 5.87. The molecule has 0 radical (unpaired) electrons. The van der Waals surface area contributed by atoms with Crippen molar-refractivity contribution in [2.75, 3.05) is 20.8 Å². The molecular weight excluding hydrogens is 318 g/mol. The second kappa shape index (κ2) is 7.90. The summed E-state index contributed by atoms with van der Waals surface area (Å²) in [7, 11) is 3.24. The fourth-order valence-corrected chi connectivity index (χ4v) is 2.84. The van der Waals surface area contributed by atoms with Gasteiger partial charge in [0.1, 0.15) is 11.6 Å². The zero-order chi connectivity index (χ0) is 17.6. The van der Waals surface area contributed by atoms with E-state index in [1.54, 1.807) is 14.2 Å². The molecule has 0 aliphatic carbocycles. The summed E-state index contributed by atoms with van der Waals surface area (Å²) < 4.78 is 18.6. The van der Waals surface area contributed by atoms with Crippen LogP contribution in [0.3, 0.4) is 0 Å². The highest BCUT2D eigenvalue weighted by molar-refractivity contribution is 5.80. The highest BCUT2D eigenvalue weighted by Crippen LogP contribution is 2.32. The lowest BCUT2D eigenvalue weighted by Gasteiger charge is -2.11. The van der Waals surface area contributed by atoms with Gasteiger partial charge in [0, 0.05) is 18.7 Å². The quantitative estimate of drug-likeness (QED) is 0.638. The number of methoxy groups -OCH3 is 2. The van der Waals surface area contributed by atoms with Crippen LogP contribution in [0.25, 0.3) is 11.0 Å². The SMILES string of the molecule is COc1cc2nc(CN)n(CCCOc3ccccc3)c2cc1OC. The number of hydrogen-bond acceptors (Lipinski definition) is 5. The molecule has 0 saturated carbocycles. The summed E-state index contributed by atoms with van der Waals surface area (Å²) >= 11 is 0. The van der Waals surface area contributed by atoms with Crippen molar-refractivity contribution in [2.24, 2.45) is 5.73 Å². The van der Waals surface area contributed by atoms with Crippen LogP contribution in [-0.2, 0) is 13.1 Å². The lowest BCUT2D eigenvalue weighted by Crippen LogP contribution is -2.11. The van der Waals surface area contributed by atoms with E-state index in [-0.39, 0.29) is 0 Å². The minimum absolute atomic E-state index is 0.374. The van der Waals surface area contributed by atoms with Gasteiger partial charge in [-0.15, -0.1) is 0 Å². The van der Waals surface area contributed by atoms with Gasteiger partial charge in [-0.25, -0.2) is 4.98 Å². The number of aryl methyl sites for hydroxylation is 1. The van der Waals surface area contributed by atoms with Crippen molar-refractivity contribution < 1.29 is 14.2 Å². The largest absolute Gasteiger partial charge is 0.494 e. The van der Waals surface area contributed by atoms with Crippen LogP contribution in [0.2, 0.25) is 0 Å². The van der Waals surface area contributed by atoms with E-state index in [4.69, 9.17) is 19.9 Å². The molecule has 2 N–H and O–H groups in total. The van der Waals surface area contributed by atoms with E-state index in [0.29, 0.717) is 24.7 Å². The summed E-state index contributed by atoms with van der Waals surface area (Å²) in [5, 5.41) is 0. The Morgan fingerprint density at radius 3 is 2.44 bits per heavy atom. The normalized spacial score (nSPS) is 10.8. The third-order valence-corrected chi connectivity index (χ3v) is 4.05. The first-order chi connectivity index (χ1) is 12.3. The molecule has 1 aromatic heterocycles. The van der Waals surface area contributed by atoms with Crippen molar-refractivity contribution in [2.45, 2.75) is 19.5 Å². The molecule has 0 spiro atoms. The van der Waals surface area contributed by atoms with E-state index in [2.05, 4.69) is 9.55 Å². The molecule has 6 nitrogen and oxygen atoms in total. The van der Waals surface area contributed by atoms with Gasteiger partial charge in [-0.3, -0.25) is 0 Å². The molecule has 3 aromatic rings. The fourth-order valence-electron chi connectivity index (χ4n) is 2.84. The van der Waals surface area contributed by atoms with Crippen LogP contribution in [0, 0.1) is 0 Å². The van der Waals surface area contributed by atoms with Crippen molar-refractivity contribution in [1.82, 2.24) is 9.55 Å². The summed E-state index contributed by atoms with van der Waals surface area (Å²) in [4.78, 5) is 4.61. The topological polar surface area (TPSA) is 71.5 Å². The first-order valence-electron chi connectivity index (χ1n) is 8.26. The number of rotatable bonds is 8. The monoisotopic (exact) mass is 341 g/mol. The van der Waals surface area contributed by atoms with Crippen molar-refractivity contribution >= 4 is 11.0 Å². The average molecular weight is 341 g/mol. The first kappa shape index (κ1) is 17.1. The predicted molar refractivity (Wildman–Crippen MR) is 97.3 cm³/mol. The molecule has 0 aliphatic rings. The van der Waals surface area contributed by atoms with Crippen LogP contribution in [-0.4, -0.2) is 30.4 Å². The molecule has 0 aliphatic heterocycles. The van der Waals surface area contributed by atoms with Gasteiger partial charge in [-0.2, -0.15) is 0 Å². The summed E-state index contributed by atoms with van der Waals surface area (Å²) in [6.07, 6.45) is 0.849. The van der Waals surface area contributed by atoms with Gasteiger partial charge in [-0.05, 0) is 18.6 Å². The summed E-state index contributed by atoms with van der Waals surface area (Å²) in [5.74, 6) is 3.06. The molecule has 1 heterocycles. The van der Waals surface area contributed by atoms with Crippen LogP contribution in [0.5, 0.6) is 17.2 Å². The van der Waals surface area contributed by atoms with Crippen molar-refractivity contribution in [3.05, 3.63) is 48.3 Å². The molecule has 25 heavy (non-hydrogen) atoms. The number of aromatic nitrogens is 2. The van der Waals surface area contributed by atoms with Crippen molar-refractivity contribution in [3.63, 3.8) is 0 Å². The fraction of sp³-hybridized carbons (Fsp3) is 0.316. The van der Waals surface area contributed by atoms with E-state index in [1.807, 2.05) is 42.5 Å². The maximum Gasteiger partial charge on any atom is 0.163 e. The number of para-hydroxylation sites is 1. The zero-order valence-electron chi connectivity index (χ0n) is 14.6. The van der Waals surface area contributed by atoms with Gasteiger partial charge in [0.2, 0.25) is 0 Å². The second-order valence-corrected chi connectivity index (χ2v) is 5.59. The maximum absolute atomic E-state index is 5.87. The van der Waals surface area contributed by atoms with Crippen molar-refractivity contribution in [3.8, 4) is 17.2 Å². The second-order valence-electron chi connectivity index (χ2n) is 5.59. The minimum Gasteiger partial charge on any atom is -0.494 e. The molecule has 132 valence electrons. The van der Waals surface area contributed by atoms with Gasteiger partial charge in [0.05, 0.1) is 38.4 Å². The minimum atomic E-state index is 0.374. The third-order valence-electron chi connectivity index (χ3n) is 4.05. The standard InChI is InChI=1S/C19H23N3O3/c1-23-17-11-15-16(12-18(17)24-2)22(19(13-20)21-15)9-6-10-25-14-7-4-3-5-8-14/h3-5,7-8,11-12H,6,9-10,13,20H2,1-2H3. The Morgan fingerprint density at radius 1 is 1.04 bits per heavy atom. The summed E-state index contributed by atoms with van der Waals surface area (Å²) in [6, 6.07) is 13.6. The van der Waals surface area contributed by atoms with Crippen LogP contribution in [0.4, 0.5) is 0 Å². The number of hydrogen-bond donors (Lipinski definition) is 1. The smallest absolute Gasteiger partial charge is 0.163 e. The average Bonchev–Trinajstić information content (AvgIpc) is 3.01. The summed E-state index contributed by atoms with van der Waals surface area (Å²) in [5.41, 5.74) is 7.71. The number of benzene rings is 2. The Labute approximate surface area is 147 Å². The molecule has 0 amide bonds. The van der Waals surface area contributed by atoms with E-state index in [1.165, 1.54) is 0 Å². The highest BCUT2D eigenvalue weighted by atomic mass is 16.5. The van der Waals surface area contributed by atoms with Crippen LogP contribution < -0.4 is 19.9 Å². The van der Waals surface area contributed by atoms with E-state index in [0.717, 1.165) is 35.6 Å². The molecule has 0 saturated heterocycles. The van der Waals surface area contributed by atoms with Crippen molar-refractivity contribution in [1.29, 1.82) is 0 Å². The molecule has 3 rings (SSSR count). The van der Waals surface area contributed by atoms with Gasteiger partial charge in [-0.1, -0.05) is 18.2 Å². The Hall–Kier alpha value is -2.73. The van der Waals surface area contributed by atoms with E-state index >= 15 is 0 Å².